The first-order valence-electron chi connectivity index (χ1n) is 8.08. The molecule has 1 aromatic carbocycles. The number of aromatic nitrogens is 3. The molecule has 0 spiro atoms. The fourth-order valence-corrected chi connectivity index (χ4v) is 2.91. The summed E-state index contributed by atoms with van der Waals surface area (Å²) < 4.78 is 7.23. The second-order valence-electron chi connectivity index (χ2n) is 6.09. The molecule has 26 heavy (non-hydrogen) atoms. The molecule has 0 atom stereocenters. The first-order valence-corrected chi connectivity index (χ1v) is 8.45. The van der Waals surface area contributed by atoms with Crippen LogP contribution in [-0.4, -0.2) is 39.6 Å². The van der Waals surface area contributed by atoms with E-state index in [2.05, 4.69) is 10.3 Å². The normalized spacial score (nSPS) is 10.9. The van der Waals surface area contributed by atoms with Crippen molar-refractivity contribution in [3.05, 3.63) is 52.3 Å². The minimum absolute atomic E-state index is 0.0307. The number of benzene rings is 1. The summed E-state index contributed by atoms with van der Waals surface area (Å²) >= 11 is 5.89. The first kappa shape index (κ1) is 18.0. The van der Waals surface area contributed by atoms with Crippen LogP contribution >= 0.6 is 11.6 Å². The molecule has 3 aromatic rings. The maximum Gasteiger partial charge on any atom is 0.343 e. The minimum Gasteiger partial charge on any atom is -0.477 e. The molecule has 0 aliphatic rings. The number of carboxylic acid groups (broad SMARTS) is 1. The van der Waals surface area contributed by atoms with E-state index in [1.807, 2.05) is 24.6 Å². The molecule has 0 unspecified atom stereocenters. The summed E-state index contributed by atoms with van der Waals surface area (Å²) in [6, 6.07) is 8.76. The molecule has 0 amide bonds. The Morgan fingerprint density at radius 1 is 1.31 bits per heavy atom. The Morgan fingerprint density at radius 3 is 2.58 bits per heavy atom. The van der Waals surface area contributed by atoms with Crippen molar-refractivity contribution in [2.45, 2.75) is 20.4 Å². The van der Waals surface area contributed by atoms with Crippen molar-refractivity contribution >= 4 is 23.4 Å². The highest BCUT2D eigenvalue weighted by Crippen LogP contribution is 2.31. The fourth-order valence-electron chi connectivity index (χ4n) is 2.79. The van der Waals surface area contributed by atoms with Gasteiger partial charge in [0.05, 0.1) is 12.2 Å². The number of halogens is 1. The van der Waals surface area contributed by atoms with Crippen LogP contribution in [0.2, 0.25) is 5.02 Å². The fraction of sp³-hybridized carbons (Fsp3) is 0.278. The molecule has 0 aliphatic heterocycles. The number of carbonyl (C=O) groups is 1. The summed E-state index contributed by atoms with van der Waals surface area (Å²) in [5.41, 5.74) is 2.64. The lowest BCUT2D eigenvalue weighted by Gasteiger charge is -2.17. The van der Waals surface area contributed by atoms with Crippen molar-refractivity contribution in [1.29, 1.82) is 0 Å². The van der Waals surface area contributed by atoms with Crippen molar-refractivity contribution in [1.82, 2.24) is 14.9 Å². The van der Waals surface area contributed by atoms with Crippen LogP contribution in [-0.2, 0) is 6.54 Å². The van der Waals surface area contributed by atoms with Crippen LogP contribution in [0.3, 0.4) is 0 Å². The Labute approximate surface area is 155 Å². The molecule has 1 N–H and O–H groups in total. The Morgan fingerprint density at radius 2 is 2.00 bits per heavy atom. The van der Waals surface area contributed by atoms with Gasteiger partial charge in [0.15, 0.2) is 17.1 Å². The number of anilines is 1. The summed E-state index contributed by atoms with van der Waals surface area (Å²) in [6.07, 6.45) is 0. The minimum atomic E-state index is -1.09. The number of carboxylic acids is 1. The van der Waals surface area contributed by atoms with Crippen LogP contribution in [0.25, 0.3) is 11.3 Å². The summed E-state index contributed by atoms with van der Waals surface area (Å²) in [7, 11) is 1.78. The Hall–Kier alpha value is -2.80. The van der Waals surface area contributed by atoms with Crippen LogP contribution in [0.4, 0.5) is 5.82 Å². The number of aryl methyl sites for hydroxylation is 2. The van der Waals surface area contributed by atoms with Gasteiger partial charge in [-0.25, -0.2) is 4.79 Å². The van der Waals surface area contributed by atoms with E-state index in [0.29, 0.717) is 23.7 Å². The third-order valence-corrected chi connectivity index (χ3v) is 4.36. The van der Waals surface area contributed by atoms with Crippen LogP contribution in [0.15, 0.2) is 34.9 Å². The molecule has 2 aromatic heterocycles. The number of likely N-dealkylation sites (N-methyl/N-ethyl adjacent to an activating group) is 1. The Bertz CT molecular complexity index is 931. The lowest BCUT2D eigenvalue weighted by atomic mass is 10.1. The van der Waals surface area contributed by atoms with Gasteiger partial charge >= 0.3 is 5.97 Å². The number of rotatable bonds is 6. The summed E-state index contributed by atoms with van der Waals surface area (Å²) in [5, 5.41) is 18.6. The average molecular weight is 375 g/mol. The van der Waals surface area contributed by atoms with Crippen LogP contribution in [0.1, 0.15) is 21.7 Å². The van der Waals surface area contributed by atoms with Crippen molar-refractivity contribution in [3.63, 3.8) is 0 Å². The molecule has 8 heteroatoms. The molecule has 0 saturated carbocycles. The lowest BCUT2D eigenvalue weighted by molar-refractivity contribution is 0.0698. The van der Waals surface area contributed by atoms with Gasteiger partial charge in [0.25, 0.3) is 0 Å². The molecule has 2 heterocycles. The Kier molecular flexibility index (Phi) is 4.99. The summed E-state index contributed by atoms with van der Waals surface area (Å²) in [4.78, 5) is 13.6. The molecule has 0 bridgehead atoms. The van der Waals surface area contributed by atoms with Gasteiger partial charge in [0.1, 0.15) is 0 Å². The zero-order valence-electron chi connectivity index (χ0n) is 14.7. The van der Waals surface area contributed by atoms with E-state index in [-0.39, 0.29) is 17.1 Å². The van der Waals surface area contributed by atoms with Gasteiger partial charge in [-0.2, -0.15) is 5.10 Å². The van der Waals surface area contributed by atoms with E-state index < -0.39 is 5.97 Å². The zero-order chi connectivity index (χ0) is 18.8. The smallest absolute Gasteiger partial charge is 0.343 e. The molecule has 3 rings (SSSR count). The molecular weight excluding hydrogens is 356 g/mol. The molecule has 136 valence electrons. The van der Waals surface area contributed by atoms with Gasteiger partial charge in [-0.3, -0.25) is 4.68 Å². The molecule has 0 saturated heterocycles. The molecular formula is C18H19ClN4O3. The van der Waals surface area contributed by atoms with E-state index in [1.165, 1.54) is 0 Å². The van der Waals surface area contributed by atoms with Gasteiger partial charge in [-0.15, -0.1) is 0 Å². The standard InChI is InChI=1S/C18H19ClN4O3/c1-11-10-12(2)23(20-11)9-8-22(3)17-15(18(24)25)16(26-21-17)13-4-6-14(19)7-5-13/h4-7,10H,8-9H2,1-3H3,(H,24,25). The van der Waals surface area contributed by atoms with Crippen LogP contribution in [0.5, 0.6) is 0 Å². The monoisotopic (exact) mass is 374 g/mol. The van der Waals surface area contributed by atoms with Gasteiger partial charge in [0.2, 0.25) is 0 Å². The van der Waals surface area contributed by atoms with E-state index in [4.69, 9.17) is 16.1 Å². The highest BCUT2D eigenvalue weighted by Gasteiger charge is 2.26. The van der Waals surface area contributed by atoms with E-state index in [0.717, 1.165) is 11.4 Å². The molecule has 0 fully saturated rings. The second kappa shape index (κ2) is 7.21. The maximum atomic E-state index is 11.8. The molecule has 0 radical (unpaired) electrons. The molecule has 0 aliphatic carbocycles. The zero-order valence-corrected chi connectivity index (χ0v) is 15.5. The van der Waals surface area contributed by atoms with Crippen molar-refractivity contribution in [2.24, 2.45) is 0 Å². The summed E-state index contributed by atoms with van der Waals surface area (Å²) in [5.74, 6) is -0.602. The number of aromatic carboxylic acids is 1. The quantitative estimate of drug-likeness (QED) is 0.709. The SMILES string of the molecule is Cc1cc(C)n(CCN(C)c2noc(-c3ccc(Cl)cc3)c2C(=O)O)n1. The largest absolute Gasteiger partial charge is 0.477 e. The van der Waals surface area contributed by atoms with Gasteiger partial charge in [-0.05, 0) is 44.2 Å². The van der Waals surface area contributed by atoms with Gasteiger partial charge in [-0.1, -0.05) is 16.8 Å². The van der Waals surface area contributed by atoms with Crippen molar-refractivity contribution in [2.75, 3.05) is 18.5 Å². The maximum absolute atomic E-state index is 11.8. The third kappa shape index (κ3) is 3.57. The highest BCUT2D eigenvalue weighted by atomic mass is 35.5. The second-order valence-corrected chi connectivity index (χ2v) is 6.53. The predicted octanol–water partition coefficient (Wildman–Crippen LogP) is 3.64. The predicted molar refractivity (Wildman–Crippen MR) is 98.9 cm³/mol. The van der Waals surface area contributed by atoms with Crippen molar-refractivity contribution < 1.29 is 14.4 Å². The summed E-state index contributed by atoms with van der Waals surface area (Å²) in [6.45, 7) is 5.07. The van der Waals surface area contributed by atoms with E-state index in [9.17, 15) is 9.90 Å². The van der Waals surface area contributed by atoms with Gasteiger partial charge < -0.3 is 14.5 Å². The third-order valence-electron chi connectivity index (χ3n) is 4.11. The highest BCUT2D eigenvalue weighted by molar-refractivity contribution is 6.30. The molecule has 7 nitrogen and oxygen atoms in total. The topological polar surface area (TPSA) is 84.4 Å². The number of hydrogen-bond acceptors (Lipinski definition) is 5. The number of nitrogens with zero attached hydrogens (tertiary/aromatic N) is 4. The van der Waals surface area contributed by atoms with Crippen molar-refractivity contribution in [3.8, 4) is 11.3 Å². The Balaban J connectivity index is 1.86. The first-order chi connectivity index (χ1) is 12.4. The number of hydrogen-bond donors (Lipinski definition) is 1. The average Bonchev–Trinajstić information content (AvgIpc) is 3.16. The van der Waals surface area contributed by atoms with Crippen LogP contribution < -0.4 is 4.90 Å². The van der Waals surface area contributed by atoms with Crippen LogP contribution in [0, 0.1) is 13.8 Å². The van der Waals surface area contributed by atoms with E-state index >= 15 is 0 Å². The van der Waals surface area contributed by atoms with E-state index in [1.54, 1.807) is 36.2 Å². The van der Waals surface area contributed by atoms with Gasteiger partial charge in [0, 0.05) is 29.9 Å². The lowest BCUT2D eigenvalue weighted by Crippen LogP contribution is -2.25.